The fourth-order valence-electron chi connectivity index (χ4n) is 2.44. The minimum absolute atomic E-state index is 0.0693. The number of aromatic amines is 1. The number of H-pyrrole nitrogens is 1. The van der Waals surface area contributed by atoms with Gasteiger partial charge in [0.05, 0.1) is 5.52 Å². The van der Waals surface area contributed by atoms with E-state index in [9.17, 15) is 27.9 Å². The summed E-state index contributed by atoms with van der Waals surface area (Å²) in [4.78, 5) is 26.2. The molecule has 128 valence electrons. The van der Waals surface area contributed by atoms with Gasteiger partial charge in [0.2, 0.25) is 0 Å². The van der Waals surface area contributed by atoms with Crippen molar-refractivity contribution in [2.24, 2.45) is 0 Å². The second-order valence-electron chi connectivity index (χ2n) is 5.33. The molecule has 1 atom stereocenters. The van der Waals surface area contributed by atoms with Crippen LogP contribution in [-0.2, 0) is 4.79 Å². The van der Waals surface area contributed by atoms with Crippen molar-refractivity contribution in [2.75, 3.05) is 0 Å². The molecule has 3 N–H and O–H groups in total. The first kappa shape index (κ1) is 16.6. The van der Waals surface area contributed by atoms with Gasteiger partial charge in [-0.2, -0.15) is 0 Å². The van der Waals surface area contributed by atoms with Gasteiger partial charge in [0.15, 0.2) is 6.04 Å². The van der Waals surface area contributed by atoms with Crippen molar-refractivity contribution >= 4 is 22.8 Å². The Morgan fingerprint density at radius 2 is 1.68 bits per heavy atom. The van der Waals surface area contributed by atoms with E-state index in [1.54, 1.807) is 0 Å². The second-order valence-corrected chi connectivity index (χ2v) is 5.33. The highest BCUT2D eigenvalue weighted by atomic mass is 19.1. The molecule has 0 radical (unpaired) electrons. The monoisotopic (exact) mass is 348 g/mol. The van der Waals surface area contributed by atoms with Crippen LogP contribution in [0.5, 0.6) is 0 Å². The molecule has 0 bridgehead atoms. The molecule has 0 fully saturated rings. The van der Waals surface area contributed by atoms with Crippen LogP contribution in [0.1, 0.15) is 22.1 Å². The minimum atomic E-state index is -1.43. The van der Waals surface area contributed by atoms with Crippen LogP contribution < -0.4 is 5.32 Å². The number of hydrogen-bond donors (Lipinski definition) is 3. The van der Waals surface area contributed by atoms with E-state index in [-0.39, 0.29) is 22.2 Å². The number of halogens is 3. The number of carbonyl (C=O) groups excluding carboxylic acids is 1. The van der Waals surface area contributed by atoms with Crippen LogP contribution in [0, 0.1) is 17.5 Å². The quantitative estimate of drug-likeness (QED) is 0.677. The Kier molecular flexibility index (Phi) is 4.18. The van der Waals surface area contributed by atoms with Crippen LogP contribution in [-0.4, -0.2) is 22.0 Å². The van der Waals surface area contributed by atoms with Crippen LogP contribution >= 0.6 is 0 Å². The number of hydrogen-bond acceptors (Lipinski definition) is 2. The maximum atomic E-state index is 13.7. The molecule has 1 unspecified atom stereocenters. The molecule has 0 saturated heterocycles. The highest BCUT2D eigenvalue weighted by Gasteiger charge is 2.24. The Morgan fingerprint density at radius 3 is 2.32 bits per heavy atom. The molecule has 0 saturated carbocycles. The van der Waals surface area contributed by atoms with E-state index in [1.165, 1.54) is 18.2 Å². The standard InChI is InChI=1S/C17H11F3N2O3/c18-10-3-1-8(2-4-10)15(17(24)25)22-16(23)13-6-9-5-11(19)7-12(20)14(9)21-13/h1-7,15,21H,(H,22,23)(H,24,25). The van der Waals surface area contributed by atoms with Crippen molar-refractivity contribution < 1.29 is 27.9 Å². The van der Waals surface area contributed by atoms with Gasteiger partial charge in [-0.15, -0.1) is 0 Å². The lowest BCUT2D eigenvalue weighted by Gasteiger charge is -2.14. The first-order valence-corrected chi connectivity index (χ1v) is 7.12. The lowest BCUT2D eigenvalue weighted by Crippen LogP contribution is -2.33. The van der Waals surface area contributed by atoms with E-state index in [0.717, 1.165) is 18.2 Å². The summed E-state index contributed by atoms with van der Waals surface area (Å²) in [6.07, 6.45) is 0. The van der Waals surface area contributed by atoms with Gasteiger partial charge in [0.25, 0.3) is 5.91 Å². The number of nitrogens with one attached hydrogen (secondary N) is 2. The first-order chi connectivity index (χ1) is 11.8. The zero-order chi connectivity index (χ0) is 18.1. The number of aromatic nitrogens is 1. The Balaban J connectivity index is 1.90. The number of benzene rings is 2. The van der Waals surface area contributed by atoms with E-state index < -0.39 is 35.4 Å². The summed E-state index contributed by atoms with van der Waals surface area (Å²) in [5.41, 5.74) is -0.0383. The molecule has 1 heterocycles. The third kappa shape index (κ3) is 3.32. The highest BCUT2D eigenvalue weighted by Crippen LogP contribution is 2.21. The Hall–Kier alpha value is -3.29. The molecule has 5 nitrogen and oxygen atoms in total. The average molecular weight is 348 g/mol. The summed E-state index contributed by atoms with van der Waals surface area (Å²) in [6.45, 7) is 0. The van der Waals surface area contributed by atoms with Crippen LogP contribution in [0.25, 0.3) is 10.9 Å². The molecule has 3 aromatic rings. The van der Waals surface area contributed by atoms with Gasteiger partial charge >= 0.3 is 5.97 Å². The SMILES string of the molecule is O=C(NC(C(=O)O)c1ccc(F)cc1)c1cc2cc(F)cc(F)c2[nH]1. The summed E-state index contributed by atoms with van der Waals surface area (Å²) in [6, 6.07) is 6.08. The van der Waals surface area contributed by atoms with E-state index in [2.05, 4.69) is 10.3 Å². The summed E-state index contributed by atoms with van der Waals surface area (Å²) in [7, 11) is 0. The van der Waals surface area contributed by atoms with Gasteiger partial charge in [0, 0.05) is 11.5 Å². The van der Waals surface area contributed by atoms with Gasteiger partial charge in [-0.05, 0) is 29.8 Å². The lowest BCUT2D eigenvalue weighted by atomic mass is 10.1. The van der Waals surface area contributed by atoms with E-state index in [1.807, 2.05) is 0 Å². The molecule has 0 aliphatic rings. The number of amides is 1. The Labute approximate surface area is 139 Å². The van der Waals surface area contributed by atoms with Crippen molar-refractivity contribution in [2.45, 2.75) is 6.04 Å². The maximum Gasteiger partial charge on any atom is 0.330 e. The van der Waals surface area contributed by atoms with Crippen LogP contribution in [0.2, 0.25) is 0 Å². The molecule has 25 heavy (non-hydrogen) atoms. The maximum absolute atomic E-state index is 13.7. The van der Waals surface area contributed by atoms with Crippen molar-refractivity contribution in [1.82, 2.24) is 10.3 Å². The first-order valence-electron chi connectivity index (χ1n) is 7.12. The van der Waals surface area contributed by atoms with Crippen LogP contribution in [0.15, 0.2) is 42.5 Å². The molecule has 1 aromatic heterocycles. The predicted molar refractivity (Wildman–Crippen MR) is 82.5 cm³/mol. The highest BCUT2D eigenvalue weighted by molar-refractivity contribution is 5.99. The third-order valence-electron chi connectivity index (χ3n) is 3.62. The fourth-order valence-corrected chi connectivity index (χ4v) is 2.44. The Bertz CT molecular complexity index is 967. The summed E-state index contributed by atoms with van der Waals surface area (Å²) in [5.74, 6) is -4.40. The molecule has 2 aromatic carbocycles. The predicted octanol–water partition coefficient (Wildman–Crippen LogP) is 3.14. The molecular formula is C17H11F3N2O3. The number of carbonyl (C=O) groups is 2. The van der Waals surface area contributed by atoms with Crippen LogP contribution in [0.4, 0.5) is 13.2 Å². The average Bonchev–Trinajstić information content (AvgIpc) is 2.97. The van der Waals surface area contributed by atoms with Gasteiger partial charge in [-0.25, -0.2) is 18.0 Å². The second kappa shape index (κ2) is 6.31. The lowest BCUT2D eigenvalue weighted by molar-refractivity contribution is -0.139. The molecule has 0 aliphatic carbocycles. The van der Waals surface area contributed by atoms with Crippen molar-refractivity contribution in [3.8, 4) is 0 Å². The van der Waals surface area contributed by atoms with Crippen molar-refractivity contribution in [3.05, 3.63) is 71.2 Å². The van der Waals surface area contributed by atoms with Gasteiger partial charge in [0.1, 0.15) is 23.1 Å². The smallest absolute Gasteiger partial charge is 0.330 e. The number of rotatable bonds is 4. The molecule has 8 heteroatoms. The van der Waals surface area contributed by atoms with Gasteiger partial charge < -0.3 is 15.4 Å². The molecule has 1 amide bonds. The summed E-state index contributed by atoms with van der Waals surface area (Å²) < 4.78 is 39.9. The number of carboxylic acids is 1. The summed E-state index contributed by atoms with van der Waals surface area (Å²) >= 11 is 0. The van der Waals surface area contributed by atoms with Crippen molar-refractivity contribution in [3.63, 3.8) is 0 Å². The minimum Gasteiger partial charge on any atom is -0.479 e. The van der Waals surface area contributed by atoms with E-state index in [0.29, 0.717) is 6.07 Å². The number of fused-ring (bicyclic) bond motifs is 1. The van der Waals surface area contributed by atoms with E-state index >= 15 is 0 Å². The van der Waals surface area contributed by atoms with Gasteiger partial charge in [-0.3, -0.25) is 4.79 Å². The molecule has 0 aliphatic heterocycles. The van der Waals surface area contributed by atoms with Gasteiger partial charge in [-0.1, -0.05) is 12.1 Å². The zero-order valence-corrected chi connectivity index (χ0v) is 12.5. The van der Waals surface area contributed by atoms with Crippen molar-refractivity contribution in [1.29, 1.82) is 0 Å². The van der Waals surface area contributed by atoms with E-state index in [4.69, 9.17) is 0 Å². The van der Waals surface area contributed by atoms with Crippen LogP contribution in [0.3, 0.4) is 0 Å². The topological polar surface area (TPSA) is 82.2 Å². The summed E-state index contributed by atoms with van der Waals surface area (Å²) in [5, 5.41) is 11.7. The number of carboxylic acid groups (broad SMARTS) is 1. The fraction of sp³-hybridized carbons (Fsp3) is 0.0588. The number of aliphatic carboxylic acids is 1. The molecular weight excluding hydrogens is 337 g/mol. The largest absolute Gasteiger partial charge is 0.479 e. The molecule has 0 spiro atoms. The zero-order valence-electron chi connectivity index (χ0n) is 12.5. The third-order valence-corrected chi connectivity index (χ3v) is 3.62. The Morgan fingerprint density at radius 1 is 1.00 bits per heavy atom. The molecule has 3 rings (SSSR count). The normalized spacial score (nSPS) is 12.1.